The predicted molar refractivity (Wildman–Crippen MR) is 77.8 cm³/mol. The minimum atomic E-state index is 0. The first-order chi connectivity index (χ1) is 8.04. The molecular formula is C14H24ClNO2. The van der Waals surface area contributed by atoms with Crippen molar-refractivity contribution >= 4 is 12.4 Å². The van der Waals surface area contributed by atoms with Crippen LogP contribution in [-0.4, -0.2) is 13.7 Å². The summed E-state index contributed by atoms with van der Waals surface area (Å²) < 4.78 is 11.0. The third-order valence-corrected chi connectivity index (χ3v) is 2.67. The molecule has 0 heterocycles. The van der Waals surface area contributed by atoms with Crippen molar-refractivity contribution in [1.82, 2.24) is 0 Å². The Bertz CT molecular complexity index is 354. The van der Waals surface area contributed by atoms with Crippen LogP contribution < -0.4 is 15.2 Å². The molecule has 1 unspecified atom stereocenters. The van der Waals surface area contributed by atoms with Gasteiger partial charge in [0.2, 0.25) is 0 Å². The highest BCUT2D eigenvalue weighted by Crippen LogP contribution is 2.30. The number of benzene rings is 1. The Hall–Kier alpha value is -0.930. The van der Waals surface area contributed by atoms with Crippen LogP contribution in [0.4, 0.5) is 0 Å². The lowest BCUT2D eigenvalue weighted by molar-refractivity contribution is 0.273. The van der Waals surface area contributed by atoms with E-state index in [-0.39, 0.29) is 18.4 Å². The van der Waals surface area contributed by atoms with Crippen molar-refractivity contribution in [3.8, 4) is 11.5 Å². The fourth-order valence-corrected chi connectivity index (χ4v) is 1.49. The molecule has 0 aliphatic heterocycles. The maximum Gasteiger partial charge on any atom is 0.161 e. The van der Waals surface area contributed by atoms with Crippen molar-refractivity contribution in [1.29, 1.82) is 0 Å². The van der Waals surface area contributed by atoms with Crippen molar-refractivity contribution in [2.24, 2.45) is 11.7 Å². The summed E-state index contributed by atoms with van der Waals surface area (Å²) in [5.41, 5.74) is 6.88. The van der Waals surface area contributed by atoms with Crippen LogP contribution in [0.15, 0.2) is 18.2 Å². The highest BCUT2D eigenvalue weighted by Gasteiger charge is 2.08. The topological polar surface area (TPSA) is 44.5 Å². The van der Waals surface area contributed by atoms with Gasteiger partial charge in [-0.3, -0.25) is 0 Å². The Kier molecular flexibility index (Phi) is 7.80. The van der Waals surface area contributed by atoms with Gasteiger partial charge in [0.25, 0.3) is 0 Å². The Morgan fingerprint density at radius 1 is 1.17 bits per heavy atom. The highest BCUT2D eigenvalue weighted by atomic mass is 35.5. The van der Waals surface area contributed by atoms with Crippen LogP contribution >= 0.6 is 12.4 Å². The van der Waals surface area contributed by atoms with E-state index in [1.807, 2.05) is 25.1 Å². The third kappa shape index (κ3) is 5.15. The molecule has 0 spiro atoms. The van der Waals surface area contributed by atoms with Crippen molar-refractivity contribution in [2.45, 2.75) is 33.2 Å². The minimum absolute atomic E-state index is 0. The summed E-state index contributed by atoms with van der Waals surface area (Å²) in [5, 5.41) is 0. The molecule has 0 aliphatic rings. The summed E-state index contributed by atoms with van der Waals surface area (Å²) >= 11 is 0. The van der Waals surface area contributed by atoms with E-state index in [0.29, 0.717) is 12.5 Å². The minimum Gasteiger partial charge on any atom is -0.493 e. The van der Waals surface area contributed by atoms with E-state index in [1.165, 1.54) is 0 Å². The van der Waals surface area contributed by atoms with Crippen LogP contribution in [0, 0.1) is 5.92 Å². The number of hydrogen-bond donors (Lipinski definition) is 1. The fourth-order valence-electron chi connectivity index (χ4n) is 1.49. The van der Waals surface area contributed by atoms with Gasteiger partial charge in [-0.1, -0.05) is 19.9 Å². The van der Waals surface area contributed by atoms with Crippen LogP contribution in [-0.2, 0) is 0 Å². The second-order valence-electron chi connectivity index (χ2n) is 4.73. The van der Waals surface area contributed by atoms with E-state index in [1.54, 1.807) is 7.11 Å². The monoisotopic (exact) mass is 273 g/mol. The normalized spacial score (nSPS) is 11.9. The Morgan fingerprint density at radius 3 is 2.33 bits per heavy atom. The molecule has 1 aromatic rings. The van der Waals surface area contributed by atoms with Crippen molar-refractivity contribution in [3.63, 3.8) is 0 Å². The largest absolute Gasteiger partial charge is 0.493 e. The highest BCUT2D eigenvalue weighted by molar-refractivity contribution is 5.85. The van der Waals surface area contributed by atoms with Crippen molar-refractivity contribution in [3.05, 3.63) is 23.8 Å². The van der Waals surface area contributed by atoms with Crippen LogP contribution in [0.1, 0.15) is 38.8 Å². The molecule has 0 saturated carbocycles. The van der Waals surface area contributed by atoms with Crippen LogP contribution in [0.3, 0.4) is 0 Å². The van der Waals surface area contributed by atoms with E-state index in [9.17, 15) is 0 Å². The van der Waals surface area contributed by atoms with Crippen LogP contribution in [0.25, 0.3) is 0 Å². The SMILES string of the molecule is COc1cc(C(C)N)ccc1OCCC(C)C.Cl. The lowest BCUT2D eigenvalue weighted by Gasteiger charge is -2.14. The maximum atomic E-state index is 5.83. The molecule has 0 radical (unpaired) electrons. The molecule has 0 saturated heterocycles. The molecule has 1 rings (SSSR count). The zero-order valence-corrected chi connectivity index (χ0v) is 12.4. The summed E-state index contributed by atoms with van der Waals surface area (Å²) in [6, 6.07) is 5.86. The Labute approximate surface area is 116 Å². The first-order valence-electron chi connectivity index (χ1n) is 6.11. The average Bonchev–Trinajstić information content (AvgIpc) is 2.28. The van der Waals surface area contributed by atoms with Gasteiger partial charge in [0.15, 0.2) is 11.5 Å². The standard InChI is InChI=1S/C14H23NO2.ClH/c1-10(2)7-8-17-13-6-5-12(11(3)15)9-14(13)16-4;/h5-6,9-11H,7-8,15H2,1-4H3;1H. The third-order valence-electron chi connectivity index (χ3n) is 2.67. The van der Waals surface area contributed by atoms with Gasteiger partial charge in [-0.2, -0.15) is 0 Å². The molecule has 3 nitrogen and oxygen atoms in total. The zero-order chi connectivity index (χ0) is 12.8. The number of hydrogen-bond acceptors (Lipinski definition) is 3. The first kappa shape index (κ1) is 17.1. The van der Waals surface area contributed by atoms with Crippen LogP contribution in [0.5, 0.6) is 11.5 Å². The van der Waals surface area contributed by atoms with Gasteiger partial charge in [0, 0.05) is 6.04 Å². The van der Waals surface area contributed by atoms with Gasteiger partial charge in [-0.15, -0.1) is 12.4 Å². The average molecular weight is 274 g/mol. The molecule has 1 atom stereocenters. The van der Waals surface area contributed by atoms with Crippen LogP contribution in [0.2, 0.25) is 0 Å². The molecule has 0 aliphatic carbocycles. The quantitative estimate of drug-likeness (QED) is 0.862. The van der Waals surface area contributed by atoms with Gasteiger partial charge in [0.05, 0.1) is 13.7 Å². The molecule has 4 heteroatoms. The lowest BCUT2D eigenvalue weighted by Crippen LogP contribution is -2.06. The second-order valence-corrected chi connectivity index (χ2v) is 4.73. The lowest BCUT2D eigenvalue weighted by atomic mass is 10.1. The molecular weight excluding hydrogens is 250 g/mol. The number of methoxy groups -OCH3 is 1. The van der Waals surface area contributed by atoms with E-state index in [4.69, 9.17) is 15.2 Å². The molecule has 0 aromatic heterocycles. The predicted octanol–water partition coefficient (Wildman–Crippen LogP) is 3.56. The number of halogens is 1. The van der Waals surface area contributed by atoms with Gasteiger partial charge in [0.1, 0.15) is 0 Å². The zero-order valence-electron chi connectivity index (χ0n) is 11.6. The van der Waals surface area contributed by atoms with E-state index in [2.05, 4.69) is 13.8 Å². The van der Waals surface area contributed by atoms with E-state index in [0.717, 1.165) is 23.5 Å². The summed E-state index contributed by atoms with van der Waals surface area (Å²) in [6.45, 7) is 7.03. The van der Waals surface area contributed by atoms with E-state index < -0.39 is 0 Å². The fraction of sp³-hybridized carbons (Fsp3) is 0.571. The number of ether oxygens (including phenoxy) is 2. The Morgan fingerprint density at radius 2 is 1.83 bits per heavy atom. The van der Waals surface area contributed by atoms with E-state index >= 15 is 0 Å². The second kappa shape index (κ2) is 8.22. The number of nitrogens with two attached hydrogens (primary N) is 1. The summed E-state index contributed by atoms with van der Waals surface area (Å²) in [5.74, 6) is 2.19. The van der Waals surface area contributed by atoms with Gasteiger partial charge in [-0.25, -0.2) is 0 Å². The van der Waals surface area contributed by atoms with Crippen molar-refractivity contribution < 1.29 is 9.47 Å². The summed E-state index contributed by atoms with van der Waals surface area (Å²) in [7, 11) is 1.65. The summed E-state index contributed by atoms with van der Waals surface area (Å²) in [4.78, 5) is 0. The molecule has 2 N–H and O–H groups in total. The van der Waals surface area contributed by atoms with Gasteiger partial charge in [-0.05, 0) is 37.0 Å². The molecule has 0 amide bonds. The molecule has 0 bridgehead atoms. The molecule has 0 fully saturated rings. The summed E-state index contributed by atoms with van der Waals surface area (Å²) in [6.07, 6.45) is 1.04. The Balaban J connectivity index is 0.00000289. The molecule has 18 heavy (non-hydrogen) atoms. The van der Waals surface area contributed by atoms with Gasteiger partial charge < -0.3 is 15.2 Å². The maximum absolute atomic E-state index is 5.83. The smallest absolute Gasteiger partial charge is 0.161 e. The molecule has 104 valence electrons. The first-order valence-corrected chi connectivity index (χ1v) is 6.11. The number of rotatable bonds is 6. The van der Waals surface area contributed by atoms with Crippen molar-refractivity contribution in [2.75, 3.05) is 13.7 Å². The van der Waals surface area contributed by atoms with Gasteiger partial charge >= 0.3 is 0 Å². The molecule has 1 aromatic carbocycles.